The Morgan fingerprint density at radius 2 is 1.95 bits per heavy atom. The van der Waals surface area contributed by atoms with Crippen LogP contribution in [0.1, 0.15) is 39.5 Å². The van der Waals surface area contributed by atoms with E-state index in [9.17, 15) is 4.79 Å². The van der Waals surface area contributed by atoms with Crippen molar-refractivity contribution in [3.8, 4) is 0 Å². The van der Waals surface area contributed by atoms with E-state index in [-0.39, 0.29) is 11.4 Å². The van der Waals surface area contributed by atoms with Crippen LogP contribution in [0.5, 0.6) is 0 Å². The molecule has 4 nitrogen and oxygen atoms in total. The summed E-state index contributed by atoms with van der Waals surface area (Å²) in [6.45, 7) is 3.49. The van der Waals surface area contributed by atoms with Crippen LogP contribution in [-0.4, -0.2) is 31.3 Å². The van der Waals surface area contributed by atoms with Gasteiger partial charge in [-0.15, -0.1) is 11.3 Å². The van der Waals surface area contributed by atoms with Crippen LogP contribution < -0.4 is 0 Å². The normalized spacial score (nSPS) is 17.2. The van der Waals surface area contributed by atoms with Crippen molar-refractivity contribution < 1.29 is 14.3 Å². The van der Waals surface area contributed by atoms with Gasteiger partial charge >= 0.3 is 5.97 Å². The van der Waals surface area contributed by atoms with Gasteiger partial charge in [0, 0.05) is 24.3 Å². The minimum atomic E-state index is -0.308. The van der Waals surface area contributed by atoms with Gasteiger partial charge in [-0.05, 0) is 37.5 Å². The maximum atomic E-state index is 11.6. The number of rotatable bonds is 3. The summed E-state index contributed by atoms with van der Waals surface area (Å²) in [7, 11) is 1.40. The highest BCUT2D eigenvalue weighted by atomic mass is 32.1. The molecule has 2 aromatic rings. The number of benzene rings is 1. The molecule has 1 aliphatic heterocycles. The third kappa shape index (κ3) is 2.66. The fourth-order valence-electron chi connectivity index (χ4n) is 2.96. The van der Waals surface area contributed by atoms with Gasteiger partial charge in [0.15, 0.2) is 0 Å². The molecule has 0 radical (unpaired) electrons. The van der Waals surface area contributed by atoms with E-state index in [0.29, 0.717) is 5.56 Å². The van der Waals surface area contributed by atoms with E-state index in [2.05, 4.69) is 5.38 Å². The Morgan fingerprint density at radius 1 is 1.27 bits per heavy atom. The van der Waals surface area contributed by atoms with Gasteiger partial charge in [-0.25, -0.2) is 9.78 Å². The smallest absolute Gasteiger partial charge is 0.337 e. The molecule has 1 aliphatic rings. The summed E-state index contributed by atoms with van der Waals surface area (Å²) in [5.41, 5.74) is 2.71. The number of hydrogen-bond acceptors (Lipinski definition) is 5. The number of carbonyl (C=O) groups excluding carboxylic acids is 1. The zero-order valence-electron chi connectivity index (χ0n) is 12.8. The maximum absolute atomic E-state index is 11.6. The van der Waals surface area contributed by atoms with E-state index in [1.807, 2.05) is 31.2 Å². The lowest BCUT2D eigenvalue weighted by molar-refractivity contribution is 0.0597. The Balaban J connectivity index is 2.01. The second-order valence-electron chi connectivity index (χ2n) is 5.56. The summed E-state index contributed by atoms with van der Waals surface area (Å²) in [4.78, 5) is 16.3. The number of aromatic nitrogens is 1. The lowest BCUT2D eigenvalue weighted by Gasteiger charge is -2.36. The van der Waals surface area contributed by atoms with Crippen molar-refractivity contribution in [2.24, 2.45) is 0 Å². The van der Waals surface area contributed by atoms with E-state index in [4.69, 9.17) is 14.5 Å². The Bertz CT molecular complexity index is 657. The van der Waals surface area contributed by atoms with Gasteiger partial charge in [0.1, 0.15) is 5.01 Å². The van der Waals surface area contributed by atoms with E-state index in [1.165, 1.54) is 12.7 Å². The molecule has 0 amide bonds. The van der Waals surface area contributed by atoms with Crippen LogP contribution in [-0.2, 0) is 14.9 Å². The van der Waals surface area contributed by atoms with E-state index >= 15 is 0 Å². The molecule has 5 heteroatoms. The van der Waals surface area contributed by atoms with Crippen molar-refractivity contribution in [2.75, 3.05) is 20.3 Å². The average Bonchev–Trinajstić information content (AvgIpc) is 3.02. The monoisotopic (exact) mass is 317 g/mol. The minimum Gasteiger partial charge on any atom is -0.465 e. The highest BCUT2D eigenvalue weighted by molar-refractivity contribution is 7.09. The number of hydrogen-bond donors (Lipinski definition) is 0. The first-order chi connectivity index (χ1) is 10.7. The predicted molar refractivity (Wildman–Crippen MR) is 85.5 cm³/mol. The molecular weight excluding hydrogens is 298 g/mol. The summed E-state index contributed by atoms with van der Waals surface area (Å²) in [6, 6.07) is 7.71. The minimum absolute atomic E-state index is 0.105. The number of esters is 1. The average molecular weight is 317 g/mol. The summed E-state index contributed by atoms with van der Waals surface area (Å²) >= 11 is 1.71. The number of methoxy groups -OCH3 is 1. The molecule has 1 aromatic carbocycles. The molecule has 0 bridgehead atoms. The number of thiazole rings is 1. The quantitative estimate of drug-likeness (QED) is 0.815. The number of carbonyl (C=O) groups is 1. The van der Waals surface area contributed by atoms with Crippen LogP contribution in [0.25, 0.3) is 0 Å². The van der Waals surface area contributed by atoms with Gasteiger partial charge in [-0.3, -0.25) is 0 Å². The van der Waals surface area contributed by atoms with Gasteiger partial charge in [0.05, 0.1) is 18.1 Å². The summed E-state index contributed by atoms with van der Waals surface area (Å²) in [6.07, 6.45) is 1.83. The largest absolute Gasteiger partial charge is 0.465 e. The molecule has 1 saturated heterocycles. The first-order valence-electron chi connectivity index (χ1n) is 7.35. The summed E-state index contributed by atoms with van der Waals surface area (Å²) in [5.74, 6) is -0.308. The third-order valence-corrected chi connectivity index (χ3v) is 5.40. The second-order valence-corrected chi connectivity index (χ2v) is 6.42. The van der Waals surface area contributed by atoms with Gasteiger partial charge in [-0.2, -0.15) is 0 Å². The topological polar surface area (TPSA) is 48.4 Å². The molecule has 0 unspecified atom stereocenters. The molecule has 0 aliphatic carbocycles. The molecular formula is C17H19NO3S. The molecule has 3 rings (SSSR count). The van der Waals surface area contributed by atoms with Crippen LogP contribution >= 0.6 is 11.3 Å². The first-order valence-corrected chi connectivity index (χ1v) is 8.23. The second kappa shape index (κ2) is 6.18. The SMILES string of the molecule is COC(=O)c1ccc(C2(c3nc(C)cs3)CCOCC2)cc1. The van der Waals surface area contributed by atoms with Gasteiger partial charge < -0.3 is 9.47 Å². The van der Waals surface area contributed by atoms with Crippen molar-refractivity contribution in [1.29, 1.82) is 0 Å². The fraction of sp³-hybridized carbons (Fsp3) is 0.412. The highest BCUT2D eigenvalue weighted by Gasteiger charge is 2.38. The van der Waals surface area contributed by atoms with Crippen molar-refractivity contribution >= 4 is 17.3 Å². The Kier molecular flexibility index (Phi) is 4.27. The highest BCUT2D eigenvalue weighted by Crippen LogP contribution is 2.42. The number of nitrogens with zero attached hydrogens (tertiary/aromatic N) is 1. The zero-order valence-corrected chi connectivity index (χ0v) is 13.6. The summed E-state index contributed by atoms with van der Waals surface area (Å²) in [5, 5.41) is 3.23. The van der Waals surface area contributed by atoms with Crippen molar-refractivity contribution in [1.82, 2.24) is 4.98 Å². The Hall–Kier alpha value is -1.72. The molecule has 22 heavy (non-hydrogen) atoms. The molecule has 116 valence electrons. The van der Waals surface area contributed by atoms with Crippen LogP contribution in [0.3, 0.4) is 0 Å². The first kappa shape index (κ1) is 15.2. The van der Waals surface area contributed by atoms with Crippen LogP contribution in [0.4, 0.5) is 0 Å². The third-order valence-electron chi connectivity index (χ3n) is 4.23. The Morgan fingerprint density at radius 3 is 2.50 bits per heavy atom. The van der Waals surface area contributed by atoms with Gasteiger partial charge in [0.2, 0.25) is 0 Å². The maximum Gasteiger partial charge on any atom is 0.337 e. The van der Waals surface area contributed by atoms with E-state index < -0.39 is 0 Å². The van der Waals surface area contributed by atoms with E-state index in [1.54, 1.807) is 11.3 Å². The van der Waals surface area contributed by atoms with Crippen LogP contribution in [0.2, 0.25) is 0 Å². The molecule has 0 N–H and O–H groups in total. The van der Waals surface area contributed by atoms with E-state index in [0.717, 1.165) is 36.8 Å². The van der Waals surface area contributed by atoms with Crippen LogP contribution in [0, 0.1) is 6.92 Å². The van der Waals surface area contributed by atoms with Gasteiger partial charge in [-0.1, -0.05) is 12.1 Å². The summed E-state index contributed by atoms with van der Waals surface area (Å²) < 4.78 is 10.3. The van der Waals surface area contributed by atoms with Crippen LogP contribution in [0.15, 0.2) is 29.6 Å². The molecule has 2 heterocycles. The molecule has 0 atom stereocenters. The molecule has 1 aromatic heterocycles. The Labute approximate surface area is 134 Å². The number of aryl methyl sites for hydroxylation is 1. The lowest BCUT2D eigenvalue weighted by Crippen LogP contribution is -2.35. The lowest BCUT2D eigenvalue weighted by atomic mass is 9.74. The standard InChI is InChI=1S/C17H19NO3S/c1-12-11-22-16(18-12)17(7-9-21-10-8-17)14-5-3-13(4-6-14)15(19)20-2/h3-6,11H,7-10H2,1-2H3. The predicted octanol–water partition coefficient (Wildman–Crippen LogP) is 3.33. The zero-order chi connectivity index (χ0) is 15.6. The molecule has 0 spiro atoms. The molecule has 1 fully saturated rings. The van der Waals surface area contributed by atoms with Crippen molar-refractivity contribution in [3.05, 3.63) is 51.5 Å². The van der Waals surface area contributed by atoms with Crippen molar-refractivity contribution in [2.45, 2.75) is 25.2 Å². The fourth-order valence-corrected chi connectivity index (χ4v) is 4.04. The molecule has 0 saturated carbocycles. The number of ether oxygens (including phenoxy) is 2. The van der Waals surface area contributed by atoms with Gasteiger partial charge in [0.25, 0.3) is 0 Å². The van der Waals surface area contributed by atoms with Crippen molar-refractivity contribution in [3.63, 3.8) is 0 Å².